The molecular weight excluding hydrogens is 304 g/mol. The van der Waals surface area contributed by atoms with Gasteiger partial charge < -0.3 is 4.74 Å². The van der Waals surface area contributed by atoms with Crippen LogP contribution in [0.5, 0.6) is 5.75 Å². The van der Waals surface area contributed by atoms with Gasteiger partial charge in [0.15, 0.2) is 0 Å². The minimum atomic E-state index is 0.790. The van der Waals surface area contributed by atoms with Crippen molar-refractivity contribution in [2.45, 2.75) is 89.9 Å². The van der Waals surface area contributed by atoms with Gasteiger partial charge in [-0.1, -0.05) is 64.0 Å². The summed E-state index contributed by atoms with van der Waals surface area (Å²) >= 11 is 0. The lowest BCUT2D eigenvalue weighted by molar-refractivity contribution is 0.113. The van der Waals surface area contributed by atoms with Gasteiger partial charge in [-0.05, 0) is 73.5 Å². The summed E-state index contributed by atoms with van der Waals surface area (Å²) in [5.41, 5.74) is 1.54. The third-order valence-corrected chi connectivity index (χ3v) is 7.02. The molecule has 2 aliphatic rings. The van der Waals surface area contributed by atoms with Crippen molar-refractivity contribution in [1.29, 1.82) is 0 Å². The lowest BCUT2D eigenvalue weighted by atomic mass is 9.63. The van der Waals surface area contributed by atoms with Crippen molar-refractivity contribution in [3.8, 4) is 5.75 Å². The quantitative estimate of drug-likeness (QED) is 0.448. The summed E-state index contributed by atoms with van der Waals surface area (Å²) in [6.07, 6.45) is 17.5. The maximum Gasteiger partial charge on any atom is 0.118 e. The van der Waals surface area contributed by atoms with E-state index in [1.807, 2.05) is 0 Å². The van der Waals surface area contributed by atoms with Gasteiger partial charge in [-0.2, -0.15) is 0 Å². The van der Waals surface area contributed by atoms with Gasteiger partial charge in [-0.25, -0.2) is 0 Å². The van der Waals surface area contributed by atoms with E-state index in [4.69, 9.17) is 4.74 Å². The monoisotopic (exact) mass is 342 g/mol. The highest BCUT2D eigenvalue weighted by Crippen LogP contribution is 2.48. The lowest BCUT2D eigenvalue weighted by Crippen LogP contribution is -2.30. The second kappa shape index (κ2) is 9.64. The maximum atomic E-state index is 5.31. The van der Waals surface area contributed by atoms with Gasteiger partial charge in [-0.15, -0.1) is 0 Å². The third kappa shape index (κ3) is 5.25. The molecular formula is C24H38O. The summed E-state index contributed by atoms with van der Waals surface area (Å²) < 4.78 is 5.31. The molecule has 4 atom stereocenters. The highest BCUT2D eigenvalue weighted by molar-refractivity contribution is 5.29. The molecule has 0 aliphatic heterocycles. The normalized spacial score (nSPS) is 29.2. The molecule has 1 unspecified atom stereocenters. The van der Waals surface area contributed by atoms with Crippen LogP contribution in [-0.2, 0) is 0 Å². The molecule has 0 heterocycles. The van der Waals surface area contributed by atoms with E-state index in [9.17, 15) is 0 Å². The molecule has 25 heavy (non-hydrogen) atoms. The van der Waals surface area contributed by atoms with Crippen LogP contribution in [0.25, 0.3) is 0 Å². The average Bonchev–Trinajstić information content (AvgIpc) is 2.67. The van der Waals surface area contributed by atoms with Crippen molar-refractivity contribution in [2.24, 2.45) is 17.8 Å². The molecule has 3 rings (SSSR count). The number of methoxy groups -OCH3 is 1. The zero-order valence-electron chi connectivity index (χ0n) is 16.5. The van der Waals surface area contributed by atoms with Gasteiger partial charge in [0.1, 0.15) is 5.75 Å². The summed E-state index contributed by atoms with van der Waals surface area (Å²) in [6, 6.07) is 8.87. The summed E-state index contributed by atoms with van der Waals surface area (Å²) in [5, 5.41) is 0. The Morgan fingerprint density at radius 2 is 1.56 bits per heavy atom. The van der Waals surface area contributed by atoms with E-state index in [0.29, 0.717) is 0 Å². The van der Waals surface area contributed by atoms with E-state index in [-0.39, 0.29) is 0 Å². The molecule has 0 N–H and O–H groups in total. The molecule has 1 heteroatoms. The van der Waals surface area contributed by atoms with Crippen LogP contribution in [-0.4, -0.2) is 7.11 Å². The molecule has 2 fully saturated rings. The van der Waals surface area contributed by atoms with Crippen molar-refractivity contribution >= 4 is 0 Å². The largest absolute Gasteiger partial charge is 0.497 e. The zero-order valence-corrected chi connectivity index (χ0v) is 16.5. The maximum absolute atomic E-state index is 5.31. The Bertz CT molecular complexity index is 491. The zero-order chi connectivity index (χ0) is 17.5. The third-order valence-electron chi connectivity index (χ3n) is 7.02. The first-order chi connectivity index (χ1) is 12.3. The van der Waals surface area contributed by atoms with E-state index < -0.39 is 0 Å². The van der Waals surface area contributed by atoms with Crippen LogP contribution < -0.4 is 4.74 Å². The molecule has 140 valence electrons. The van der Waals surface area contributed by atoms with Gasteiger partial charge >= 0.3 is 0 Å². The molecule has 2 saturated carbocycles. The van der Waals surface area contributed by atoms with Crippen molar-refractivity contribution in [2.75, 3.05) is 7.11 Å². The Morgan fingerprint density at radius 1 is 0.840 bits per heavy atom. The van der Waals surface area contributed by atoms with Gasteiger partial charge in [0.2, 0.25) is 0 Å². The van der Waals surface area contributed by atoms with Crippen LogP contribution in [0.15, 0.2) is 24.3 Å². The van der Waals surface area contributed by atoms with Crippen LogP contribution in [0, 0.1) is 17.8 Å². The van der Waals surface area contributed by atoms with Crippen LogP contribution in [0.2, 0.25) is 0 Å². The lowest BCUT2D eigenvalue weighted by Gasteiger charge is -2.42. The SMILES string of the molecule is CCCCCCCC1CC[C@@H]2C[C@H](c3ccc(OC)cc3)CC[C@@H]2C1. The van der Waals surface area contributed by atoms with Gasteiger partial charge in [0, 0.05) is 0 Å². The number of unbranched alkanes of at least 4 members (excludes halogenated alkanes) is 4. The molecule has 0 spiro atoms. The van der Waals surface area contributed by atoms with E-state index in [1.165, 1.54) is 82.6 Å². The summed E-state index contributed by atoms with van der Waals surface area (Å²) in [6.45, 7) is 2.31. The van der Waals surface area contributed by atoms with Crippen LogP contribution in [0.1, 0.15) is 95.5 Å². The predicted molar refractivity (Wildman–Crippen MR) is 107 cm³/mol. The van der Waals surface area contributed by atoms with Crippen molar-refractivity contribution < 1.29 is 4.74 Å². The Balaban J connectivity index is 1.43. The van der Waals surface area contributed by atoms with E-state index in [1.54, 1.807) is 7.11 Å². The number of rotatable bonds is 8. The van der Waals surface area contributed by atoms with E-state index >= 15 is 0 Å². The first-order valence-electron chi connectivity index (χ1n) is 10.9. The minimum absolute atomic E-state index is 0.790. The Kier molecular flexibility index (Phi) is 7.25. The van der Waals surface area contributed by atoms with Crippen LogP contribution >= 0.6 is 0 Å². The second-order valence-corrected chi connectivity index (χ2v) is 8.69. The topological polar surface area (TPSA) is 9.23 Å². The molecule has 2 aliphatic carbocycles. The standard InChI is InChI=1S/C24H38O/c1-3-4-5-6-7-8-19-9-10-23-18-22(12-11-21(23)17-19)20-13-15-24(25-2)16-14-20/h13-16,19,21-23H,3-12,17-18H2,1-2H3/t19?,21-,22-,23-/m1/s1. The van der Waals surface area contributed by atoms with Gasteiger partial charge in [0.05, 0.1) is 7.11 Å². The highest BCUT2D eigenvalue weighted by atomic mass is 16.5. The smallest absolute Gasteiger partial charge is 0.118 e. The fraction of sp³-hybridized carbons (Fsp3) is 0.750. The summed E-state index contributed by atoms with van der Waals surface area (Å²) in [5.74, 6) is 4.84. The van der Waals surface area contributed by atoms with Crippen molar-refractivity contribution in [1.82, 2.24) is 0 Å². The molecule has 0 saturated heterocycles. The first kappa shape index (κ1) is 18.8. The molecule has 1 nitrogen and oxygen atoms in total. The fourth-order valence-corrected chi connectivity index (χ4v) is 5.46. The van der Waals surface area contributed by atoms with Gasteiger partial charge in [-0.3, -0.25) is 0 Å². The van der Waals surface area contributed by atoms with Crippen LogP contribution in [0.4, 0.5) is 0 Å². The Hall–Kier alpha value is -0.980. The molecule has 0 aromatic heterocycles. The van der Waals surface area contributed by atoms with Gasteiger partial charge in [0.25, 0.3) is 0 Å². The number of hydrogen-bond donors (Lipinski definition) is 0. The average molecular weight is 343 g/mol. The summed E-state index contributed by atoms with van der Waals surface area (Å²) in [7, 11) is 1.75. The second-order valence-electron chi connectivity index (χ2n) is 8.69. The Labute approximate surface area is 155 Å². The molecule has 0 radical (unpaired) electrons. The molecule has 0 bridgehead atoms. The van der Waals surface area contributed by atoms with E-state index in [0.717, 1.165) is 29.4 Å². The Morgan fingerprint density at radius 3 is 2.32 bits per heavy atom. The molecule has 0 amide bonds. The molecule has 1 aromatic carbocycles. The van der Waals surface area contributed by atoms with Crippen LogP contribution in [0.3, 0.4) is 0 Å². The van der Waals surface area contributed by atoms with Crippen molar-refractivity contribution in [3.63, 3.8) is 0 Å². The summed E-state index contributed by atoms with van der Waals surface area (Å²) in [4.78, 5) is 0. The minimum Gasteiger partial charge on any atom is -0.497 e. The fourth-order valence-electron chi connectivity index (χ4n) is 5.46. The van der Waals surface area contributed by atoms with E-state index in [2.05, 4.69) is 31.2 Å². The van der Waals surface area contributed by atoms with Crippen molar-refractivity contribution in [3.05, 3.63) is 29.8 Å². The predicted octanol–water partition coefficient (Wildman–Crippen LogP) is 7.36. The molecule has 1 aromatic rings. The highest BCUT2D eigenvalue weighted by Gasteiger charge is 2.35. The number of fused-ring (bicyclic) bond motifs is 1. The first-order valence-corrected chi connectivity index (χ1v) is 10.9. The number of hydrogen-bond acceptors (Lipinski definition) is 1. The number of benzene rings is 1. The number of ether oxygens (including phenoxy) is 1.